The molecule has 2 aliphatic rings. The van der Waals surface area contributed by atoms with E-state index in [1.165, 1.54) is 5.69 Å². The van der Waals surface area contributed by atoms with Gasteiger partial charge in [-0.1, -0.05) is 0 Å². The van der Waals surface area contributed by atoms with Crippen molar-refractivity contribution < 1.29 is 5.11 Å². The van der Waals surface area contributed by atoms with Crippen LogP contribution in [-0.2, 0) is 0 Å². The first-order chi connectivity index (χ1) is 10.7. The van der Waals surface area contributed by atoms with Crippen molar-refractivity contribution >= 4 is 17.1 Å². The zero-order valence-electron chi connectivity index (χ0n) is 13.5. The van der Waals surface area contributed by atoms with Crippen LogP contribution < -0.4 is 15.5 Å². The smallest absolute Gasteiger partial charge is 0.0620 e. The molecule has 0 aliphatic carbocycles. The molecule has 0 amide bonds. The van der Waals surface area contributed by atoms with E-state index in [1.54, 1.807) is 0 Å². The summed E-state index contributed by atoms with van der Waals surface area (Å²) in [5.74, 6) is 0.457. The third kappa shape index (κ3) is 3.31. The van der Waals surface area contributed by atoms with Crippen molar-refractivity contribution in [3.05, 3.63) is 18.2 Å². The minimum Gasteiger partial charge on any atom is -0.397 e. The Morgan fingerprint density at radius 1 is 1.05 bits per heavy atom. The number of rotatable bonds is 3. The zero-order valence-corrected chi connectivity index (χ0v) is 13.5. The number of hydrogen-bond acceptors (Lipinski definition) is 5. The van der Waals surface area contributed by atoms with Crippen molar-refractivity contribution in [1.82, 2.24) is 4.90 Å². The molecule has 2 saturated heterocycles. The summed E-state index contributed by atoms with van der Waals surface area (Å²) in [4.78, 5) is 7.19. The van der Waals surface area contributed by atoms with Crippen molar-refractivity contribution in [2.75, 3.05) is 68.5 Å². The standard InChI is InChI=1S/C17H28N4O/c1-19-8-10-20(11-9-19)15-2-3-16(18)17(12-15)21-6-4-14(13-22)5-7-21/h2-3,12,14,22H,4-11,13,18H2,1H3. The Morgan fingerprint density at radius 3 is 2.36 bits per heavy atom. The molecule has 22 heavy (non-hydrogen) atoms. The highest BCUT2D eigenvalue weighted by molar-refractivity contribution is 5.73. The van der Waals surface area contributed by atoms with Crippen molar-refractivity contribution in [1.29, 1.82) is 0 Å². The lowest BCUT2D eigenvalue weighted by Gasteiger charge is -2.36. The molecule has 1 aromatic carbocycles. The first-order valence-corrected chi connectivity index (χ1v) is 8.36. The highest BCUT2D eigenvalue weighted by Gasteiger charge is 2.21. The molecule has 0 saturated carbocycles. The third-order valence-electron chi connectivity index (χ3n) is 5.10. The molecule has 122 valence electrons. The van der Waals surface area contributed by atoms with Gasteiger partial charge in [-0.25, -0.2) is 0 Å². The minimum atomic E-state index is 0.310. The number of anilines is 3. The van der Waals surface area contributed by atoms with Gasteiger partial charge in [0.1, 0.15) is 0 Å². The molecule has 0 aromatic heterocycles. The van der Waals surface area contributed by atoms with Gasteiger partial charge in [-0.2, -0.15) is 0 Å². The monoisotopic (exact) mass is 304 g/mol. The predicted molar refractivity (Wildman–Crippen MR) is 92.6 cm³/mol. The summed E-state index contributed by atoms with van der Waals surface area (Å²) in [6, 6.07) is 6.44. The first-order valence-electron chi connectivity index (χ1n) is 8.36. The van der Waals surface area contributed by atoms with E-state index in [2.05, 4.69) is 33.9 Å². The van der Waals surface area contributed by atoms with Crippen LogP contribution in [0.4, 0.5) is 17.1 Å². The fraction of sp³-hybridized carbons (Fsp3) is 0.647. The van der Waals surface area contributed by atoms with Crippen LogP contribution in [0, 0.1) is 5.92 Å². The van der Waals surface area contributed by atoms with Gasteiger partial charge in [-0.05, 0) is 44.0 Å². The zero-order chi connectivity index (χ0) is 15.5. The van der Waals surface area contributed by atoms with Gasteiger partial charge in [-0.3, -0.25) is 0 Å². The topological polar surface area (TPSA) is 56.0 Å². The lowest BCUT2D eigenvalue weighted by molar-refractivity contribution is 0.203. The molecule has 5 nitrogen and oxygen atoms in total. The highest BCUT2D eigenvalue weighted by atomic mass is 16.3. The number of nitrogens with zero attached hydrogens (tertiary/aromatic N) is 3. The number of piperidine rings is 1. The van der Waals surface area contributed by atoms with E-state index in [-0.39, 0.29) is 0 Å². The van der Waals surface area contributed by atoms with Crippen LogP contribution >= 0.6 is 0 Å². The summed E-state index contributed by atoms with van der Waals surface area (Å²) in [7, 11) is 2.18. The van der Waals surface area contributed by atoms with Gasteiger partial charge in [0.05, 0.1) is 11.4 Å². The molecule has 0 unspecified atom stereocenters. The number of aliphatic hydroxyl groups is 1. The summed E-state index contributed by atoms with van der Waals surface area (Å²) in [5.41, 5.74) is 9.52. The van der Waals surface area contributed by atoms with Crippen LogP contribution in [0.15, 0.2) is 18.2 Å². The number of aliphatic hydroxyl groups excluding tert-OH is 1. The van der Waals surface area contributed by atoms with E-state index in [4.69, 9.17) is 5.73 Å². The average Bonchev–Trinajstić information content (AvgIpc) is 2.56. The second kappa shape index (κ2) is 6.75. The molecule has 0 spiro atoms. The van der Waals surface area contributed by atoms with Crippen molar-refractivity contribution in [3.63, 3.8) is 0 Å². The number of hydrogen-bond donors (Lipinski definition) is 2. The van der Waals surface area contributed by atoms with Crippen molar-refractivity contribution in [2.45, 2.75) is 12.8 Å². The van der Waals surface area contributed by atoms with Crippen molar-refractivity contribution in [3.8, 4) is 0 Å². The molecule has 1 aromatic rings. The summed E-state index contributed by atoms with van der Waals surface area (Å²) in [6.45, 7) is 6.66. The lowest BCUT2D eigenvalue weighted by Crippen LogP contribution is -2.44. The molecule has 2 aliphatic heterocycles. The summed E-state index contributed by atoms with van der Waals surface area (Å²) in [5, 5.41) is 9.28. The Hall–Kier alpha value is -1.46. The molecule has 2 heterocycles. The summed E-state index contributed by atoms with van der Waals surface area (Å²) < 4.78 is 0. The molecular formula is C17H28N4O. The first kappa shape index (κ1) is 15.4. The van der Waals surface area contributed by atoms with E-state index in [9.17, 15) is 5.11 Å². The fourth-order valence-corrected chi connectivity index (χ4v) is 3.42. The Bertz CT molecular complexity index is 491. The highest BCUT2D eigenvalue weighted by Crippen LogP contribution is 2.32. The van der Waals surface area contributed by atoms with Crippen LogP contribution in [0.5, 0.6) is 0 Å². The maximum Gasteiger partial charge on any atom is 0.0620 e. The quantitative estimate of drug-likeness (QED) is 0.823. The Morgan fingerprint density at radius 2 is 1.73 bits per heavy atom. The Labute approximate surface area is 133 Å². The molecule has 3 rings (SSSR count). The summed E-state index contributed by atoms with van der Waals surface area (Å²) >= 11 is 0. The maximum absolute atomic E-state index is 9.28. The number of nitrogens with two attached hydrogens (primary N) is 1. The van der Waals surface area contributed by atoms with E-state index >= 15 is 0 Å². The van der Waals surface area contributed by atoms with Gasteiger partial charge in [0, 0.05) is 51.6 Å². The van der Waals surface area contributed by atoms with E-state index < -0.39 is 0 Å². The Kier molecular flexibility index (Phi) is 4.74. The largest absolute Gasteiger partial charge is 0.397 e. The summed E-state index contributed by atoms with van der Waals surface area (Å²) in [6.07, 6.45) is 2.10. The van der Waals surface area contributed by atoms with Crippen molar-refractivity contribution in [2.24, 2.45) is 5.92 Å². The second-order valence-corrected chi connectivity index (χ2v) is 6.65. The molecule has 0 atom stereocenters. The lowest BCUT2D eigenvalue weighted by atomic mass is 9.97. The molecule has 3 N–H and O–H groups in total. The van der Waals surface area contributed by atoms with Gasteiger partial charge in [0.25, 0.3) is 0 Å². The molecular weight excluding hydrogens is 276 g/mol. The normalized spacial score (nSPS) is 21.4. The average molecular weight is 304 g/mol. The second-order valence-electron chi connectivity index (χ2n) is 6.65. The van der Waals surface area contributed by atoms with E-state index in [1.807, 2.05) is 6.07 Å². The van der Waals surface area contributed by atoms with Gasteiger partial charge in [0.2, 0.25) is 0 Å². The number of benzene rings is 1. The fourth-order valence-electron chi connectivity index (χ4n) is 3.42. The number of likely N-dealkylation sites (N-methyl/N-ethyl adjacent to an activating group) is 1. The van der Waals surface area contributed by atoms with Gasteiger partial charge < -0.3 is 25.5 Å². The van der Waals surface area contributed by atoms with Gasteiger partial charge in [0.15, 0.2) is 0 Å². The van der Waals surface area contributed by atoms with E-state index in [0.717, 1.165) is 63.5 Å². The van der Waals surface area contributed by atoms with Crippen LogP contribution in [0.1, 0.15) is 12.8 Å². The maximum atomic E-state index is 9.28. The van der Waals surface area contributed by atoms with Crippen LogP contribution in [0.25, 0.3) is 0 Å². The Balaban J connectivity index is 1.73. The minimum absolute atomic E-state index is 0.310. The van der Waals surface area contributed by atoms with Gasteiger partial charge in [-0.15, -0.1) is 0 Å². The molecule has 5 heteroatoms. The van der Waals surface area contributed by atoms with Crippen LogP contribution in [0.3, 0.4) is 0 Å². The predicted octanol–water partition coefficient (Wildman–Crippen LogP) is 1.23. The number of nitrogen functional groups attached to an aromatic ring is 1. The molecule has 2 fully saturated rings. The van der Waals surface area contributed by atoms with Crippen LogP contribution in [0.2, 0.25) is 0 Å². The van der Waals surface area contributed by atoms with E-state index in [0.29, 0.717) is 12.5 Å². The molecule has 0 bridgehead atoms. The van der Waals surface area contributed by atoms with Crippen LogP contribution in [-0.4, -0.2) is 62.9 Å². The number of piperazine rings is 1. The van der Waals surface area contributed by atoms with Gasteiger partial charge >= 0.3 is 0 Å². The SMILES string of the molecule is CN1CCN(c2ccc(N)c(N3CCC(CO)CC3)c2)CC1. The third-order valence-corrected chi connectivity index (χ3v) is 5.10. The molecule has 0 radical (unpaired) electrons.